The highest BCUT2D eigenvalue weighted by molar-refractivity contribution is 14.1. The van der Waals surface area contributed by atoms with Gasteiger partial charge in [0.05, 0.1) is 33.8 Å². The molecule has 0 aliphatic rings. The topological polar surface area (TPSA) is 130 Å². The zero-order valence-electron chi connectivity index (χ0n) is 14.1. The molecule has 0 spiro atoms. The summed E-state index contributed by atoms with van der Waals surface area (Å²) in [5, 5.41) is 5.17. The van der Waals surface area contributed by atoms with Gasteiger partial charge in [-0.2, -0.15) is 4.39 Å². The number of H-pyrrole nitrogens is 1. The lowest BCUT2D eigenvalue weighted by atomic mass is 10.1. The highest BCUT2D eigenvalue weighted by Gasteiger charge is 2.27. The van der Waals surface area contributed by atoms with E-state index in [4.69, 9.17) is 0 Å². The minimum absolute atomic E-state index is 0.0531. The SMILES string of the molecule is CC(=O)Nc1c(I)c(NC(C)=O)c(I)c(C(=O)n2cc(F)c(=O)[nH]c2=O)c1I. The van der Waals surface area contributed by atoms with E-state index in [-0.39, 0.29) is 24.1 Å². The number of amides is 2. The summed E-state index contributed by atoms with van der Waals surface area (Å²) in [7, 11) is 0. The minimum Gasteiger partial charge on any atom is -0.324 e. The van der Waals surface area contributed by atoms with Gasteiger partial charge in [-0.05, 0) is 67.8 Å². The van der Waals surface area contributed by atoms with E-state index < -0.39 is 34.8 Å². The number of rotatable bonds is 3. The van der Waals surface area contributed by atoms with E-state index in [1.54, 1.807) is 50.2 Å². The molecule has 0 bridgehead atoms. The van der Waals surface area contributed by atoms with Crippen molar-refractivity contribution in [1.29, 1.82) is 0 Å². The van der Waals surface area contributed by atoms with E-state index in [2.05, 4.69) is 10.6 Å². The first-order chi connectivity index (χ1) is 13.0. The highest BCUT2D eigenvalue weighted by atomic mass is 127. The summed E-state index contributed by atoms with van der Waals surface area (Å²) in [5.41, 5.74) is -1.93. The molecule has 28 heavy (non-hydrogen) atoms. The van der Waals surface area contributed by atoms with Crippen LogP contribution in [0.4, 0.5) is 15.8 Å². The minimum atomic E-state index is -1.31. The first-order valence-corrected chi connectivity index (χ1v) is 10.5. The molecular weight excluding hydrogens is 716 g/mol. The third-order valence-corrected chi connectivity index (χ3v) is 6.49. The molecule has 1 aromatic heterocycles. The Morgan fingerprint density at radius 3 is 1.86 bits per heavy atom. The van der Waals surface area contributed by atoms with Crippen molar-refractivity contribution in [3.63, 3.8) is 0 Å². The summed E-state index contributed by atoms with van der Waals surface area (Å²) in [6.45, 7) is 2.54. The van der Waals surface area contributed by atoms with Gasteiger partial charge < -0.3 is 10.6 Å². The summed E-state index contributed by atoms with van der Waals surface area (Å²) in [5.74, 6) is -3.09. The molecule has 0 atom stereocenters. The van der Waals surface area contributed by atoms with Crippen LogP contribution in [-0.4, -0.2) is 27.3 Å². The molecule has 1 heterocycles. The molecule has 9 nitrogen and oxygen atoms in total. The number of anilines is 2. The normalized spacial score (nSPS) is 10.5. The van der Waals surface area contributed by atoms with Crippen molar-refractivity contribution in [2.75, 3.05) is 10.6 Å². The summed E-state index contributed by atoms with van der Waals surface area (Å²) in [6.07, 6.45) is 0.490. The average Bonchev–Trinajstić information content (AvgIpc) is 2.58. The van der Waals surface area contributed by atoms with Gasteiger partial charge in [0.1, 0.15) is 0 Å². The second-order valence-corrected chi connectivity index (χ2v) is 8.58. The standard InChI is InChI=1S/C15H10FI3N4O5/c1-4(24)20-11-8(17)7(9(18)12(10(11)19)21-5(2)25)14(27)23-3-6(16)13(26)22-15(23)28/h3H,1-2H3,(H,20,24)(H,21,25)(H,22,26,28). The molecule has 0 aliphatic carbocycles. The fourth-order valence-corrected chi connectivity index (χ4v) is 6.31. The van der Waals surface area contributed by atoms with Crippen LogP contribution >= 0.6 is 67.8 Å². The molecular formula is C15H10FI3N4O5. The Bertz CT molecular complexity index is 1100. The van der Waals surface area contributed by atoms with E-state index in [1.807, 2.05) is 22.6 Å². The quantitative estimate of drug-likeness (QED) is 0.418. The predicted molar refractivity (Wildman–Crippen MR) is 124 cm³/mol. The molecule has 13 heteroatoms. The van der Waals surface area contributed by atoms with Gasteiger partial charge in [-0.3, -0.25) is 24.2 Å². The molecule has 3 N–H and O–H groups in total. The van der Waals surface area contributed by atoms with E-state index >= 15 is 0 Å². The fraction of sp³-hybridized carbons (Fsp3) is 0.133. The molecule has 0 fully saturated rings. The second kappa shape index (κ2) is 8.97. The molecule has 0 aliphatic heterocycles. The first-order valence-electron chi connectivity index (χ1n) is 7.27. The number of aromatic amines is 1. The van der Waals surface area contributed by atoms with Crippen molar-refractivity contribution >= 4 is 96.9 Å². The van der Waals surface area contributed by atoms with Gasteiger partial charge in [0.25, 0.3) is 11.5 Å². The third kappa shape index (κ3) is 4.61. The predicted octanol–water partition coefficient (Wildman–Crippen LogP) is 2.09. The number of halogens is 4. The van der Waals surface area contributed by atoms with E-state index in [9.17, 15) is 28.4 Å². The lowest BCUT2D eigenvalue weighted by Crippen LogP contribution is -2.36. The first kappa shape index (κ1) is 22.9. The van der Waals surface area contributed by atoms with Gasteiger partial charge in [-0.1, -0.05) is 0 Å². The van der Waals surface area contributed by atoms with Crippen LogP contribution in [0.15, 0.2) is 15.8 Å². The summed E-state index contributed by atoms with van der Waals surface area (Å²) in [4.78, 5) is 61.1. The van der Waals surface area contributed by atoms with Crippen LogP contribution in [0.5, 0.6) is 0 Å². The monoisotopic (exact) mass is 726 g/mol. The molecule has 0 saturated carbocycles. The van der Waals surface area contributed by atoms with E-state index in [0.717, 1.165) is 0 Å². The maximum Gasteiger partial charge on any atom is 0.335 e. The van der Waals surface area contributed by atoms with Gasteiger partial charge in [0.2, 0.25) is 17.6 Å². The molecule has 0 saturated heterocycles. The Labute approximate surface area is 197 Å². The number of hydrogen-bond acceptors (Lipinski definition) is 5. The molecule has 2 rings (SSSR count). The number of aromatic nitrogens is 2. The van der Waals surface area contributed by atoms with Gasteiger partial charge in [-0.15, -0.1) is 0 Å². The van der Waals surface area contributed by atoms with Crippen LogP contribution in [0, 0.1) is 16.5 Å². The third-order valence-electron chi connectivity index (χ3n) is 3.25. The average molecular weight is 726 g/mol. The molecule has 2 aromatic rings. The lowest BCUT2D eigenvalue weighted by molar-refractivity contribution is -0.115. The largest absolute Gasteiger partial charge is 0.335 e. The van der Waals surface area contributed by atoms with Crippen LogP contribution in [-0.2, 0) is 9.59 Å². The number of benzene rings is 1. The smallest absolute Gasteiger partial charge is 0.324 e. The van der Waals surface area contributed by atoms with Gasteiger partial charge >= 0.3 is 5.69 Å². The van der Waals surface area contributed by atoms with Gasteiger partial charge in [-0.25, -0.2) is 9.36 Å². The fourth-order valence-electron chi connectivity index (χ4n) is 2.14. The summed E-state index contributed by atoms with van der Waals surface area (Å²) < 4.78 is 15.1. The van der Waals surface area contributed by atoms with Gasteiger partial charge in [0, 0.05) is 13.8 Å². The van der Waals surface area contributed by atoms with Crippen LogP contribution < -0.4 is 21.9 Å². The van der Waals surface area contributed by atoms with E-state index in [1.165, 1.54) is 13.8 Å². The summed E-state index contributed by atoms with van der Waals surface area (Å²) in [6, 6.07) is 0. The highest BCUT2D eigenvalue weighted by Crippen LogP contribution is 2.39. The molecule has 0 unspecified atom stereocenters. The maximum absolute atomic E-state index is 13.6. The Balaban J connectivity index is 2.86. The van der Waals surface area contributed by atoms with Crippen molar-refractivity contribution in [1.82, 2.24) is 9.55 Å². The van der Waals surface area contributed by atoms with Crippen LogP contribution in [0.3, 0.4) is 0 Å². The number of nitrogens with zero attached hydrogens (tertiary/aromatic N) is 1. The zero-order valence-corrected chi connectivity index (χ0v) is 20.6. The number of carbonyl (C=O) groups is 3. The van der Waals surface area contributed by atoms with Crippen molar-refractivity contribution < 1.29 is 18.8 Å². The van der Waals surface area contributed by atoms with Crippen molar-refractivity contribution in [2.45, 2.75) is 13.8 Å². The molecule has 2 amide bonds. The Hall–Kier alpha value is -1.37. The summed E-state index contributed by atoms with van der Waals surface area (Å²) >= 11 is 5.52. The molecule has 0 radical (unpaired) electrons. The van der Waals surface area contributed by atoms with Gasteiger partial charge in [0.15, 0.2) is 0 Å². The Morgan fingerprint density at radius 1 is 0.964 bits per heavy atom. The Morgan fingerprint density at radius 2 is 1.43 bits per heavy atom. The van der Waals surface area contributed by atoms with E-state index in [0.29, 0.717) is 14.3 Å². The van der Waals surface area contributed by atoms with Crippen molar-refractivity contribution in [3.8, 4) is 0 Å². The molecule has 148 valence electrons. The van der Waals surface area contributed by atoms with Crippen molar-refractivity contribution in [3.05, 3.63) is 49.1 Å². The van der Waals surface area contributed by atoms with Crippen LogP contribution in [0.2, 0.25) is 0 Å². The van der Waals surface area contributed by atoms with Crippen LogP contribution in [0.25, 0.3) is 0 Å². The number of hydrogen-bond donors (Lipinski definition) is 3. The second-order valence-electron chi connectivity index (χ2n) is 5.34. The number of carbonyl (C=O) groups excluding carboxylic acids is 3. The van der Waals surface area contributed by atoms with Crippen molar-refractivity contribution in [2.24, 2.45) is 0 Å². The lowest BCUT2D eigenvalue weighted by Gasteiger charge is -2.19. The number of nitrogens with one attached hydrogen (secondary N) is 3. The zero-order chi connectivity index (χ0) is 21.3. The Kier molecular flexibility index (Phi) is 7.34. The molecule has 1 aromatic carbocycles. The maximum atomic E-state index is 13.6. The van der Waals surface area contributed by atoms with Crippen LogP contribution in [0.1, 0.15) is 24.2 Å².